The lowest BCUT2D eigenvalue weighted by molar-refractivity contribution is -0.149. The van der Waals surface area contributed by atoms with Crippen molar-refractivity contribution in [1.29, 1.82) is 0 Å². The van der Waals surface area contributed by atoms with Crippen molar-refractivity contribution in [3.05, 3.63) is 93.4 Å². The van der Waals surface area contributed by atoms with Crippen LogP contribution < -0.4 is 4.74 Å². The van der Waals surface area contributed by atoms with Gasteiger partial charge in [0.15, 0.2) is 6.04 Å². The fourth-order valence-corrected chi connectivity index (χ4v) is 4.71. The Hall–Kier alpha value is -3.91. The summed E-state index contributed by atoms with van der Waals surface area (Å²) in [4.78, 5) is 31.8. The minimum atomic E-state index is -1.07. The number of carboxylic acid groups (broad SMARTS) is 1. The summed E-state index contributed by atoms with van der Waals surface area (Å²) in [6.45, 7) is 4.42. The van der Waals surface area contributed by atoms with Gasteiger partial charge in [0.05, 0.1) is 12.3 Å². The van der Waals surface area contributed by atoms with Crippen molar-refractivity contribution in [1.82, 2.24) is 9.88 Å². The highest BCUT2D eigenvalue weighted by Gasteiger charge is 2.35. The number of hydrogen-bond donors (Lipinski definition) is 1. The number of benzene rings is 1. The fourth-order valence-electron chi connectivity index (χ4n) is 4.09. The third-order valence-electron chi connectivity index (χ3n) is 5.86. The van der Waals surface area contributed by atoms with Crippen LogP contribution in [0.1, 0.15) is 46.3 Å². The molecule has 8 heteroatoms. The van der Waals surface area contributed by atoms with E-state index >= 15 is 0 Å². The van der Waals surface area contributed by atoms with Crippen molar-refractivity contribution >= 4 is 35.4 Å². The maximum atomic E-state index is 12.6. The minimum absolute atomic E-state index is 0.331. The zero-order valence-electron chi connectivity index (χ0n) is 20.2. The lowest BCUT2D eigenvalue weighted by atomic mass is 9.92. The van der Waals surface area contributed by atoms with E-state index < -0.39 is 12.0 Å². The van der Waals surface area contributed by atoms with Gasteiger partial charge in [-0.15, -0.1) is 11.3 Å². The number of hydrogen-bond acceptors (Lipinski definition) is 6. The number of amides is 1. The average molecular weight is 505 g/mol. The molecule has 0 saturated heterocycles. The maximum Gasteiger partial charge on any atom is 0.331 e. The van der Waals surface area contributed by atoms with Crippen molar-refractivity contribution in [3.63, 3.8) is 0 Å². The van der Waals surface area contributed by atoms with Gasteiger partial charge in [-0.05, 0) is 61.1 Å². The molecule has 0 fully saturated rings. The van der Waals surface area contributed by atoms with Crippen LogP contribution in [0, 0.1) is 6.92 Å². The third-order valence-corrected chi connectivity index (χ3v) is 6.69. The summed E-state index contributed by atoms with van der Waals surface area (Å²) in [6.07, 6.45) is 11.5. The van der Waals surface area contributed by atoms with Crippen LogP contribution in [-0.4, -0.2) is 40.0 Å². The van der Waals surface area contributed by atoms with Crippen LogP contribution in [0.5, 0.6) is 5.75 Å². The normalized spacial score (nSPS) is 15.7. The molecule has 1 N–H and O–H groups in total. The molecule has 1 unspecified atom stereocenters. The van der Waals surface area contributed by atoms with Gasteiger partial charge in [-0.3, -0.25) is 4.79 Å². The van der Waals surface area contributed by atoms with Crippen molar-refractivity contribution in [2.24, 2.45) is 0 Å². The number of allylic oxidation sites excluding steroid dienone is 3. The molecule has 36 heavy (non-hydrogen) atoms. The minimum Gasteiger partial charge on any atom is -0.493 e. The first-order chi connectivity index (χ1) is 17.5. The number of thiophene rings is 1. The van der Waals surface area contributed by atoms with E-state index in [2.05, 4.69) is 4.98 Å². The molecule has 1 aliphatic heterocycles. The van der Waals surface area contributed by atoms with E-state index in [-0.39, 0.29) is 5.91 Å². The fraction of sp³-hybridized carbons (Fsp3) is 0.250. The first kappa shape index (κ1) is 25.2. The van der Waals surface area contributed by atoms with Gasteiger partial charge in [-0.2, -0.15) is 0 Å². The molecule has 0 aliphatic carbocycles. The highest BCUT2D eigenvalue weighted by molar-refractivity contribution is 7.10. The molecule has 2 aromatic heterocycles. The zero-order valence-corrected chi connectivity index (χ0v) is 21.0. The quantitative estimate of drug-likeness (QED) is 0.306. The summed E-state index contributed by atoms with van der Waals surface area (Å²) in [7, 11) is 0. The molecule has 1 aromatic carbocycles. The summed E-state index contributed by atoms with van der Waals surface area (Å²) in [5.74, 6) is 0.436. The van der Waals surface area contributed by atoms with E-state index in [4.69, 9.17) is 9.15 Å². The third kappa shape index (κ3) is 6.01. The van der Waals surface area contributed by atoms with E-state index in [0.717, 1.165) is 21.9 Å². The van der Waals surface area contributed by atoms with Crippen LogP contribution in [0.15, 0.2) is 64.4 Å². The summed E-state index contributed by atoms with van der Waals surface area (Å²) >= 11 is 1.64. The molecule has 0 radical (unpaired) electrons. The number of aryl methyl sites for hydroxylation is 1. The highest BCUT2D eigenvalue weighted by Crippen LogP contribution is 2.33. The second kappa shape index (κ2) is 11.7. The predicted octanol–water partition coefficient (Wildman–Crippen LogP) is 5.48. The number of ether oxygens (including phenoxy) is 1. The van der Waals surface area contributed by atoms with Crippen LogP contribution in [0.2, 0.25) is 0 Å². The van der Waals surface area contributed by atoms with E-state index in [1.807, 2.05) is 55.6 Å². The van der Waals surface area contributed by atoms with E-state index in [1.165, 1.54) is 11.0 Å². The summed E-state index contributed by atoms with van der Waals surface area (Å²) in [5.41, 5.74) is 2.30. The molecule has 1 aliphatic rings. The molecule has 1 amide bonds. The smallest absolute Gasteiger partial charge is 0.331 e. The molecule has 0 bridgehead atoms. The molecule has 3 heterocycles. The number of fused-ring (bicyclic) bond motifs is 1. The van der Waals surface area contributed by atoms with Gasteiger partial charge in [0, 0.05) is 30.0 Å². The number of carboxylic acids is 1. The standard InChI is InChI=1S/C28H28N2O5S/c1-3-4-5-8-26(31)30-15-13-20-9-10-21(18-23(20)27(30)28(32)33)34-16-14-24-19(2)35-25(29-24)12-11-22-7-6-17-36-22/h3-12,17-18,27H,13-16H2,1-2H3,(H,32,33)/b4-3?,8-5?,12-11+. The lowest BCUT2D eigenvalue weighted by Gasteiger charge is -2.34. The number of aliphatic carboxylic acids is 1. The monoisotopic (exact) mass is 504 g/mol. The lowest BCUT2D eigenvalue weighted by Crippen LogP contribution is -2.42. The molecule has 7 nitrogen and oxygen atoms in total. The Labute approximate surface area is 214 Å². The topological polar surface area (TPSA) is 92.9 Å². The summed E-state index contributed by atoms with van der Waals surface area (Å²) in [6, 6.07) is 8.41. The Bertz CT molecular complexity index is 1300. The van der Waals surface area contributed by atoms with Crippen molar-refractivity contribution in [2.75, 3.05) is 13.2 Å². The van der Waals surface area contributed by atoms with Gasteiger partial charge in [0.2, 0.25) is 11.8 Å². The Morgan fingerprint density at radius 1 is 1.28 bits per heavy atom. The van der Waals surface area contributed by atoms with Crippen LogP contribution in [0.3, 0.4) is 0 Å². The zero-order chi connectivity index (χ0) is 25.5. The number of rotatable bonds is 9. The van der Waals surface area contributed by atoms with Crippen molar-refractivity contribution < 1.29 is 23.8 Å². The highest BCUT2D eigenvalue weighted by atomic mass is 32.1. The first-order valence-corrected chi connectivity index (χ1v) is 12.6. The molecule has 0 spiro atoms. The van der Waals surface area contributed by atoms with Gasteiger partial charge in [-0.1, -0.05) is 30.4 Å². The molecule has 0 saturated carbocycles. The second-order valence-corrected chi connectivity index (χ2v) is 9.25. The molecule has 186 valence electrons. The molecular formula is C28H28N2O5S. The van der Waals surface area contributed by atoms with Gasteiger partial charge in [-0.25, -0.2) is 9.78 Å². The predicted molar refractivity (Wildman–Crippen MR) is 140 cm³/mol. The van der Waals surface area contributed by atoms with Gasteiger partial charge >= 0.3 is 5.97 Å². The Morgan fingerprint density at radius 3 is 2.89 bits per heavy atom. The molecular weight excluding hydrogens is 476 g/mol. The summed E-state index contributed by atoms with van der Waals surface area (Å²) < 4.78 is 11.7. The van der Waals surface area contributed by atoms with Crippen LogP contribution in [-0.2, 0) is 22.4 Å². The average Bonchev–Trinajstić information content (AvgIpc) is 3.51. The SMILES string of the molecule is CC=CC=CC(=O)N1CCc2ccc(OCCc3nc(/C=C/c4cccs4)oc3C)cc2C1C(=O)O. The molecule has 4 rings (SSSR count). The van der Waals surface area contributed by atoms with Crippen LogP contribution in [0.25, 0.3) is 12.2 Å². The Balaban J connectivity index is 1.43. The van der Waals surface area contributed by atoms with Gasteiger partial charge in [0.1, 0.15) is 11.5 Å². The number of aromatic nitrogens is 1. The maximum absolute atomic E-state index is 12.6. The number of oxazole rings is 1. The Morgan fingerprint density at radius 2 is 2.14 bits per heavy atom. The van der Waals surface area contributed by atoms with Crippen molar-refractivity contribution in [2.45, 2.75) is 32.7 Å². The second-order valence-electron chi connectivity index (χ2n) is 8.27. The van der Waals surface area contributed by atoms with E-state index in [0.29, 0.717) is 43.2 Å². The van der Waals surface area contributed by atoms with E-state index in [9.17, 15) is 14.7 Å². The number of carbonyl (C=O) groups excluding carboxylic acids is 1. The number of carbonyl (C=O) groups is 2. The summed E-state index contributed by atoms with van der Waals surface area (Å²) in [5, 5.41) is 11.9. The van der Waals surface area contributed by atoms with Crippen LogP contribution in [0.4, 0.5) is 0 Å². The van der Waals surface area contributed by atoms with Gasteiger partial charge < -0.3 is 19.2 Å². The largest absolute Gasteiger partial charge is 0.493 e. The first-order valence-electron chi connectivity index (χ1n) is 11.7. The van der Waals surface area contributed by atoms with Gasteiger partial charge in [0.25, 0.3) is 0 Å². The molecule has 1 atom stereocenters. The molecule has 3 aromatic rings. The van der Waals surface area contributed by atoms with Crippen LogP contribution >= 0.6 is 11.3 Å². The Kier molecular flexibility index (Phi) is 8.17. The number of nitrogens with zero attached hydrogens (tertiary/aromatic N) is 2. The van der Waals surface area contributed by atoms with E-state index in [1.54, 1.807) is 35.6 Å². The van der Waals surface area contributed by atoms with Crippen molar-refractivity contribution in [3.8, 4) is 5.75 Å².